The van der Waals surface area contributed by atoms with E-state index in [9.17, 15) is 0 Å². The molecule has 616 valence electrons. The standard InChI is InChI=1S/C100H172N4O4/c1-5-9-13-17-21-25-29-33-37-41-45-49-53-57-61-65-69-105-97-85-73-87-79-94(102)81-89(98(87)106-70-66-62-58-54-50-46-42-38-34-30-26-22-18-14-10-6-2)75-91-83-96(104)84-92(100(91)108-72-68-64-60-56-52-48-44-40-36-32-28-24-20-16-12-8-4)76-90-82-95(103)80-88(74-86(97)78-93(101)77-85)99(90)107-71-67-63-59-55-51-47-43-39-35-31-27-23-19-15-11-7-3/h77-84H,5-76,101-104H2,1-4H3. The van der Waals surface area contributed by atoms with Crippen LogP contribution in [0.15, 0.2) is 48.5 Å². The summed E-state index contributed by atoms with van der Waals surface area (Å²) in [5, 5.41) is 0. The van der Waals surface area contributed by atoms with Crippen LogP contribution in [0.1, 0.15) is 483 Å². The van der Waals surface area contributed by atoms with Gasteiger partial charge >= 0.3 is 0 Å². The van der Waals surface area contributed by atoms with Gasteiger partial charge in [-0.1, -0.05) is 413 Å². The zero-order valence-corrected chi connectivity index (χ0v) is 71.5. The smallest absolute Gasteiger partial charge is 0.126 e. The van der Waals surface area contributed by atoms with Gasteiger partial charge < -0.3 is 41.9 Å². The van der Waals surface area contributed by atoms with Crippen LogP contribution in [0.5, 0.6) is 23.0 Å². The van der Waals surface area contributed by atoms with Crippen molar-refractivity contribution in [2.45, 2.75) is 464 Å². The maximum Gasteiger partial charge on any atom is 0.126 e. The number of fused-ring (bicyclic) bond motifs is 8. The highest BCUT2D eigenvalue weighted by Gasteiger charge is 2.25. The third-order valence-corrected chi connectivity index (χ3v) is 23.6. The van der Waals surface area contributed by atoms with Gasteiger partial charge in [0.05, 0.1) is 26.4 Å². The highest BCUT2D eigenvalue weighted by atomic mass is 16.5. The Kier molecular flexibility index (Phi) is 56.3. The molecule has 0 heterocycles. The predicted octanol–water partition coefficient (Wildman–Crippen LogP) is 31.3. The molecule has 0 saturated heterocycles. The molecule has 0 unspecified atom stereocenters. The van der Waals surface area contributed by atoms with E-state index in [0.29, 0.717) is 74.9 Å². The minimum atomic E-state index is 0.550. The molecule has 0 saturated carbocycles. The number of unbranched alkanes of at least 4 members (excludes halogenated alkanes) is 60. The summed E-state index contributed by atoms with van der Waals surface area (Å²) in [7, 11) is 0. The molecule has 0 radical (unpaired) electrons. The minimum Gasteiger partial charge on any atom is -0.493 e. The van der Waals surface area contributed by atoms with Crippen molar-refractivity contribution in [2.24, 2.45) is 0 Å². The average molecular weight is 1490 g/mol. The molecule has 5 rings (SSSR count). The fourth-order valence-electron chi connectivity index (χ4n) is 17.0. The van der Waals surface area contributed by atoms with E-state index in [1.54, 1.807) is 0 Å². The van der Waals surface area contributed by atoms with Crippen LogP contribution in [0.25, 0.3) is 0 Å². The maximum absolute atomic E-state index is 7.21. The van der Waals surface area contributed by atoms with E-state index < -0.39 is 0 Å². The highest BCUT2D eigenvalue weighted by Crippen LogP contribution is 2.43. The van der Waals surface area contributed by atoms with E-state index in [0.717, 1.165) is 119 Å². The number of hydrogen-bond donors (Lipinski definition) is 4. The summed E-state index contributed by atoms with van der Waals surface area (Å²) in [5.41, 5.74) is 39.7. The first-order valence-electron chi connectivity index (χ1n) is 47.4. The summed E-state index contributed by atoms with van der Waals surface area (Å²) in [6.07, 6.45) is 87.6. The van der Waals surface area contributed by atoms with Crippen molar-refractivity contribution in [2.75, 3.05) is 49.4 Å². The van der Waals surface area contributed by atoms with Gasteiger partial charge in [-0.25, -0.2) is 0 Å². The molecule has 8 heteroatoms. The molecule has 1 aliphatic carbocycles. The predicted molar refractivity (Wildman–Crippen MR) is 475 cm³/mol. The second-order valence-corrected chi connectivity index (χ2v) is 34.0. The third-order valence-electron chi connectivity index (χ3n) is 23.6. The van der Waals surface area contributed by atoms with E-state index in [4.69, 9.17) is 41.9 Å². The minimum absolute atomic E-state index is 0.550. The van der Waals surface area contributed by atoms with Crippen LogP contribution in [0.4, 0.5) is 22.7 Å². The van der Waals surface area contributed by atoms with Crippen LogP contribution in [0.3, 0.4) is 0 Å². The lowest BCUT2D eigenvalue weighted by Gasteiger charge is -2.24. The SMILES string of the molecule is CCCCCCCCCCCCCCCCCCOc1c2cc(N)cc1Cc1cc(N)cc(c1OCCCCCCCCCCCCCCCCCC)Cc1cc(N)cc(c1OCCCCCCCCCCCCCCCCCC)Cc1cc(N)cc(c1OCCCCCCCCCCCCCCCCCC)C2. The first-order chi connectivity index (χ1) is 53.2. The Morgan fingerprint density at radius 3 is 0.380 bits per heavy atom. The lowest BCUT2D eigenvalue weighted by Crippen LogP contribution is -2.12. The number of rotatable bonds is 72. The molecule has 108 heavy (non-hydrogen) atoms. The van der Waals surface area contributed by atoms with Crippen LogP contribution in [-0.4, -0.2) is 26.4 Å². The normalized spacial score (nSPS) is 12.2. The summed E-state index contributed by atoms with van der Waals surface area (Å²) < 4.78 is 28.8. The van der Waals surface area contributed by atoms with Gasteiger partial charge in [0.2, 0.25) is 0 Å². The molecule has 0 amide bonds. The Labute approximate surface area is 667 Å². The molecule has 4 aromatic carbocycles. The van der Waals surface area contributed by atoms with Crippen molar-refractivity contribution < 1.29 is 18.9 Å². The lowest BCUT2D eigenvalue weighted by molar-refractivity contribution is 0.293. The molecule has 0 aromatic heterocycles. The van der Waals surface area contributed by atoms with Crippen molar-refractivity contribution in [1.82, 2.24) is 0 Å². The fraction of sp³-hybridized carbons (Fsp3) is 0.760. The van der Waals surface area contributed by atoms with Gasteiger partial charge in [-0.3, -0.25) is 0 Å². The number of nitrogens with two attached hydrogens (primary N) is 4. The summed E-state index contributed by atoms with van der Waals surface area (Å²) >= 11 is 0. The topological polar surface area (TPSA) is 141 Å². The van der Waals surface area contributed by atoms with Crippen LogP contribution in [0.2, 0.25) is 0 Å². The van der Waals surface area contributed by atoms with Crippen molar-refractivity contribution in [1.29, 1.82) is 0 Å². The van der Waals surface area contributed by atoms with Crippen molar-refractivity contribution in [3.8, 4) is 23.0 Å². The quantitative estimate of drug-likeness (QED) is 0.0223. The molecule has 0 spiro atoms. The van der Waals surface area contributed by atoms with E-state index in [-0.39, 0.29) is 0 Å². The summed E-state index contributed by atoms with van der Waals surface area (Å²) in [4.78, 5) is 0. The first kappa shape index (κ1) is 93.9. The molecular formula is C100H172N4O4. The van der Waals surface area contributed by atoms with Gasteiger partial charge in [-0.2, -0.15) is 0 Å². The summed E-state index contributed by atoms with van der Waals surface area (Å²) in [6.45, 7) is 11.8. The number of nitrogen functional groups attached to an aromatic ring is 4. The monoisotopic (exact) mass is 1490 g/mol. The van der Waals surface area contributed by atoms with Gasteiger partial charge in [0, 0.05) is 92.9 Å². The Morgan fingerprint density at radius 1 is 0.167 bits per heavy atom. The van der Waals surface area contributed by atoms with Crippen LogP contribution < -0.4 is 41.9 Å². The van der Waals surface area contributed by atoms with E-state index in [1.165, 1.54) is 360 Å². The summed E-state index contributed by atoms with van der Waals surface area (Å²) in [5.74, 6) is 3.61. The van der Waals surface area contributed by atoms with Gasteiger partial charge in [0.25, 0.3) is 0 Å². The van der Waals surface area contributed by atoms with E-state index >= 15 is 0 Å². The second-order valence-electron chi connectivity index (χ2n) is 34.0. The Morgan fingerprint density at radius 2 is 0.269 bits per heavy atom. The molecule has 0 aliphatic heterocycles. The molecule has 8 nitrogen and oxygen atoms in total. The van der Waals surface area contributed by atoms with Gasteiger partial charge in [0.1, 0.15) is 23.0 Å². The first-order valence-corrected chi connectivity index (χ1v) is 47.4. The number of hydrogen-bond acceptors (Lipinski definition) is 8. The van der Waals surface area contributed by atoms with Crippen LogP contribution >= 0.6 is 0 Å². The van der Waals surface area contributed by atoms with E-state index in [2.05, 4.69) is 76.2 Å². The second kappa shape index (κ2) is 64.8. The molecule has 0 fully saturated rings. The molecule has 1 aliphatic rings. The Hall–Kier alpha value is -4.72. The number of anilines is 4. The molecule has 8 N–H and O–H groups in total. The molecule has 4 aromatic rings. The zero-order valence-electron chi connectivity index (χ0n) is 71.5. The lowest BCUT2D eigenvalue weighted by atomic mass is 9.90. The number of benzene rings is 4. The fourth-order valence-corrected chi connectivity index (χ4v) is 17.0. The van der Waals surface area contributed by atoms with Crippen molar-refractivity contribution >= 4 is 22.7 Å². The van der Waals surface area contributed by atoms with Gasteiger partial charge in [-0.15, -0.1) is 0 Å². The summed E-state index contributed by atoms with van der Waals surface area (Å²) in [6, 6.07) is 17.2. The Bertz CT molecular complexity index is 2330. The van der Waals surface area contributed by atoms with Gasteiger partial charge in [0.15, 0.2) is 0 Å². The molecular weight excluding hydrogens is 1320 g/mol. The van der Waals surface area contributed by atoms with E-state index in [1.807, 2.05) is 0 Å². The number of ether oxygens (including phenoxy) is 4. The van der Waals surface area contributed by atoms with Gasteiger partial charge in [-0.05, 0) is 74.2 Å². The molecule has 8 bridgehead atoms. The van der Waals surface area contributed by atoms with Crippen LogP contribution in [0, 0.1) is 0 Å². The largest absolute Gasteiger partial charge is 0.493 e. The van der Waals surface area contributed by atoms with Crippen molar-refractivity contribution in [3.63, 3.8) is 0 Å². The maximum atomic E-state index is 7.21. The zero-order chi connectivity index (χ0) is 76.6. The van der Waals surface area contributed by atoms with Crippen molar-refractivity contribution in [3.05, 3.63) is 93.0 Å². The highest BCUT2D eigenvalue weighted by molar-refractivity contribution is 5.65. The molecule has 0 atom stereocenters. The average Bonchev–Trinajstić information content (AvgIpc) is 0.779. The van der Waals surface area contributed by atoms with Crippen LogP contribution in [-0.2, 0) is 25.7 Å². The Balaban J connectivity index is 1.37. The third kappa shape index (κ3) is 44.5.